The van der Waals surface area contributed by atoms with Crippen molar-refractivity contribution in [3.8, 4) is 0 Å². The molecule has 0 aromatic carbocycles. The summed E-state index contributed by atoms with van der Waals surface area (Å²) in [6, 6.07) is 5.81. The number of likely N-dealkylation sites (N-methyl/N-ethyl adjacent to an activating group) is 1. The number of carbonyl (C=O) groups excluding carboxylic acids is 1. The molecule has 7 nitrogen and oxygen atoms in total. The highest BCUT2D eigenvalue weighted by molar-refractivity contribution is 5.85. The zero-order valence-electron chi connectivity index (χ0n) is 14.4. The number of aromatic nitrogens is 3. The number of anilines is 2. The van der Waals surface area contributed by atoms with Crippen LogP contribution in [-0.4, -0.2) is 52.4 Å². The highest BCUT2D eigenvalue weighted by Gasteiger charge is 2.27. The Morgan fingerprint density at radius 3 is 2.88 bits per heavy atom. The Morgan fingerprint density at radius 1 is 1.32 bits per heavy atom. The van der Waals surface area contributed by atoms with Crippen LogP contribution in [0.25, 0.3) is 0 Å². The fraction of sp³-hybridized carbons (Fsp3) is 0.412. The summed E-state index contributed by atoms with van der Waals surface area (Å²) in [6.45, 7) is 3.86. The van der Waals surface area contributed by atoms with Gasteiger partial charge in [0.1, 0.15) is 5.82 Å². The fourth-order valence-corrected chi connectivity index (χ4v) is 2.81. The number of carbonyl (C=O) groups is 1. The van der Waals surface area contributed by atoms with Gasteiger partial charge in [0.25, 0.3) is 0 Å². The van der Waals surface area contributed by atoms with Crippen molar-refractivity contribution in [2.45, 2.75) is 19.3 Å². The van der Waals surface area contributed by atoms with Crippen LogP contribution in [0.5, 0.6) is 0 Å². The second-order valence-corrected chi connectivity index (χ2v) is 6.01. The lowest BCUT2D eigenvalue weighted by atomic mass is 10.1. The molecule has 1 aliphatic rings. The molecule has 2 aromatic heterocycles. The molecule has 0 saturated carbocycles. The highest BCUT2D eigenvalue weighted by atomic mass is 35.5. The molecule has 3 heterocycles. The standard InChI is InChI=1S/C17H22N6O.ClH/c1-12-3-4-15(20-9-12)22-17-19-7-5-14(21-17)13-6-8-23(11-13)16(24)10-18-2;/h3-5,7,9,13,18H,6,8,10-11H2,1-2H3,(H,19,20,21,22);1H. The first-order chi connectivity index (χ1) is 11.7. The van der Waals surface area contributed by atoms with Gasteiger partial charge in [-0.2, -0.15) is 0 Å². The number of nitrogens with one attached hydrogen (secondary N) is 2. The Balaban J connectivity index is 0.00000225. The van der Waals surface area contributed by atoms with Crippen LogP contribution in [0.1, 0.15) is 23.6 Å². The molecular formula is C17H23ClN6O. The first kappa shape index (κ1) is 19.1. The van der Waals surface area contributed by atoms with Gasteiger partial charge in [-0.25, -0.2) is 15.0 Å². The molecule has 1 saturated heterocycles. The van der Waals surface area contributed by atoms with Crippen LogP contribution in [0, 0.1) is 6.92 Å². The molecule has 0 aliphatic carbocycles. The van der Waals surface area contributed by atoms with Crippen molar-refractivity contribution in [2.24, 2.45) is 0 Å². The van der Waals surface area contributed by atoms with Gasteiger partial charge < -0.3 is 15.5 Å². The third-order valence-electron chi connectivity index (χ3n) is 4.12. The lowest BCUT2D eigenvalue weighted by molar-refractivity contribution is -0.129. The minimum Gasteiger partial charge on any atom is -0.341 e. The number of hydrogen-bond acceptors (Lipinski definition) is 6. The van der Waals surface area contributed by atoms with Crippen molar-refractivity contribution in [3.05, 3.63) is 41.9 Å². The highest BCUT2D eigenvalue weighted by Crippen LogP contribution is 2.26. The lowest BCUT2D eigenvalue weighted by Crippen LogP contribution is -2.35. The predicted octanol–water partition coefficient (Wildman–Crippen LogP) is 1.88. The molecule has 1 amide bonds. The maximum Gasteiger partial charge on any atom is 0.236 e. The van der Waals surface area contributed by atoms with Gasteiger partial charge >= 0.3 is 0 Å². The number of amides is 1. The smallest absolute Gasteiger partial charge is 0.236 e. The normalized spacial score (nSPS) is 16.4. The quantitative estimate of drug-likeness (QED) is 0.845. The van der Waals surface area contributed by atoms with Gasteiger partial charge in [0.15, 0.2) is 0 Å². The molecule has 1 aliphatic heterocycles. The topological polar surface area (TPSA) is 83.0 Å². The molecule has 2 aromatic rings. The summed E-state index contributed by atoms with van der Waals surface area (Å²) in [5, 5.41) is 6.03. The van der Waals surface area contributed by atoms with E-state index in [9.17, 15) is 4.79 Å². The van der Waals surface area contributed by atoms with Crippen LogP contribution in [0.2, 0.25) is 0 Å². The first-order valence-electron chi connectivity index (χ1n) is 8.10. The SMILES string of the molecule is CNCC(=O)N1CCC(c2ccnc(Nc3ccc(C)cn3)n2)C1.Cl. The summed E-state index contributed by atoms with van der Waals surface area (Å²) in [7, 11) is 1.78. The molecule has 0 radical (unpaired) electrons. The molecule has 1 atom stereocenters. The Labute approximate surface area is 153 Å². The van der Waals surface area contributed by atoms with Crippen LogP contribution in [0.4, 0.5) is 11.8 Å². The number of nitrogens with zero attached hydrogens (tertiary/aromatic N) is 4. The van der Waals surface area contributed by atoms with Crippen molar-refractivity contribution in [1.29, 1.82) is 0 Å². The molecule has 1 fully saturated rings. The van der Waals surface area contributed by atoms with Crippen LogP contribution < -0.4 is 10.6 Å². The van der Waals surface area contributed by atoms with E-state index in [1.54, 1.807) is 19.4 Å². The zero-order valence-corrected chi connectivity index (χ0v) is 15.2. The second kappa shape index (κ2) is 8.73. The minimum atomic E-state index is 0. The average Bonchev–Trinajstić information content (AvgIpc) is 3.08. The zero-order chi connectivity index (χ0) is 16.9. The van der Waals surface area contributed by atoms with E-state index in [1.807, 2.05) is 30.0 Å². The van der Waals surface area contributed by atoms with Gasteiger partial charge in [-0.3, -0.25) is 4.79 Å². The molecule has 134 valence electrons. The maximum absolute atomic E-state index is 12.0. The van der Waals surface area contributed by atoms with E-state index < -0.39 is 0 Å². The van der Waals surface area contributed by atoms with Gasteiger partial charge in [-0.1, -0.05) is 6.07 Å². The number of pyridine rings is 1. The second-order valence-electron chi connectivity index (χ2n) is 6.01. The van der Waals surface area contributed by atoms with E-state index in [1.165, 1.54) is 0 Å². The summed E-state index contributed by atoms with van der Waals surface area (Å²) in [5.74, 6) is 1.63. The molecule has 0 spiro atoms. The maximum atomic E-state index is 12.0. The summed E-state index contributed by atoms with van der Waals surface area (Å²) < 4.78 is 0. The van der Waals surface area contributed by atoms with Crippen molar-refractivity contribution in [2.75, 3.05) is 32.0 Å². The first-order valence-corrected chi connectivity index (χ1v) is 8.10. The van der Waals surface area contributed by atoms with Gasteiger partial charge in [0.05, 0.1) is 12.2 Å². The van der Waals surface area contributed by atoms with Gasteiger partial charge in [0.2, 0.25) is 11.9 Å². The summed E-state index contributed by atoms with van der Waals surface area (Å²) in [6.07, 6.45) is 4.47. The van der Waals surface area contributed by atoms with Crippen molar-refractivity contribution < 1.29 is 4.79 Å². The minimum absolute atomic E-state index is 0. The van der Waals surface area contributed by atoms with Crippen LogP contribution >= 0.6 is 12.4 Å². The number of hydrogen-bond donors (Lipinski definition) is 2. The van der Waals surface area contributed by atoms with E-state index in [0.717, 1.165) is 30.0 Å². The van der Waals surface area contributed by atoms with Gasteiger partial charge in [-0.05, 0) is 38.1 Å². The Bertz CT molecular complexity index is 709. The monoisotopic (exact) mass is 362 g/mol. The molecule has 1 unspecified atom stereocenters. The van der Waals surface area contributed by atoms with Crippen LogP contribution in [0.3, 0.4) is 0 Å². The van der Waals surface area contributed by atoms with Crippen LogP contribution in [-0.2, 0) is 4.79 Å². The molecule has 2 N–H and O–H groups in total. The number of likely N-dealkylation sites (tertiary alicyclic amines) is 1. The van der Waals surface area contributed by atoms with E-state index in [0.29, 0.717) is 19.0 Å². The largest absolute Gasteiger partial charge is 0.341 e. The molecule has 8 heteroatoms. The fourth-order valence-electron chi connectivity index (χ4n) is 2.81. The third-order valence-corrected chi connectivity index (χ3v) is 4.12. The van der Waals surface area contributed by atoms with Gasteiger partial charge in [-0.15, -0.1) is 12.4 Å². The predicted molar refractivity (Wildman–Crippen MR) is 99.4 cm³/mol. The van der Waals surface area contributed by atoms with Gasteiger partial charge in [0, 0.05) is 31.4 Å². The van der Waals surface area contributed by atoms with E-state index in [2.05, 4.69) is 25.6 Å². The summed E-state index contributed by atoms with van der Waals surface area (Å²) in [5.41, 5.74) is 2.06. The molecule has 0 bridgehead atoms. The molecular weight excluding hydrogens is 340 g/mol. The van der Waals surface area contributed by atoms with E-state index in [-0.39, 0.29) is 24.2 Å². The number of aryl methyl sites for hydroxylation is 1. The molecule has 25 heavy (non-hydrogen) atoms. The Morgan fingerprint density at radius 2 is 2.16 bits per heavy atom. The van der Waals surface area contributed by atoms with Crippen molar-refractivity contribution in [3.63, 3.8) is 0 Å². The van der Waals surface area contributed by atoms with Crippen molar-refractivity contribution >= 4 is 30.1 Å². The summed E-state index contributed by atoms with van der Waals surface area (Å²) >= 11 is 0. The summed E-state index contributed by atoms with van der Waals surface area (Å²) in [4.78, 5) is 27.0. The van der Waals surface area contributed by atoms with E-state index >= 15 is 0 Å². The van der Waals surface area contributed by atoms with Crippen molar-refractivity contribution in [1.82, 2.24) is 25.2 Å². The average molecular weight is 363 g/mol. The van der Waals surface area contributed by atoms with Crippen LogP contribution in [0.15, 0.2) is 30.6 Å². The number of halogens is 1. The van der Waals surface area contributed by atoms with E-state index in [4.69, 9.17) is 0 Å². The Hall–Kier alpha value is -2.25. The molecule has 3 rings (SSSR count). The Kier molecular flexibility index (Phi) is 6.66. The number of rotatable bonds is 5. The lowest BCUT2D eigenvalue weighted by Gasteiger charge is -2.16. The third kappa shape index (κ3) is 4.87.